The molecule has 19 heavy (non-hydrogen) atoms. The molecular weight excluding hydrogens is 236 g/mol. The van der Waals surface area contributed by atoms with Gasteiger partial charge in [-0.05, 0) is 22.9 Å². The lowest BCUT2D eigenvalue weighted by molar-refractivity contribution is -0.0716. The van der Waals surface area contributed by atoms with Crippen LogP contribution < -0.4 is 4.90 Å². The highest BCUT2D eigenvalue weighted by Gasteiger charge is 2.40. The van der Waals surface area contributed by atoms with Gasteiger partial charge in [-0.1, -0.05) is 30.3 Å². The molecule has 0 bridgehead atoms. The van der Waals surface area contributed by atoms with Crippen LogP contribution in [0.25, 0.3) is 10.8 Å². The highest BCUT2D eigenvalue weighted by atomic mass is 16.5. The maximum absolute atomic E-state index is 9.25. The van der Waals surface area contributed by atoms with Gasteiger partial charge in [0.1, 0.15) is 5.41 Å². The maximum atomic E-state index is 9.25. The molecule has 0 N–H and O–H groups in total. The minimum Gasteiger partial charge on any atom is -0.378 e. The molecule has 96 valence electrons. The van der Waals surface area contributed by atoms with Crippen LogP contribution in [0.15, 0.2) is 42.5 Å². The predicted octanol–water partition coefficient (Wildman–Crippen LogP) is 2.82. The molecule has 0 atom stereocenters. The van der Waals surface area contributed by atoms with E-state index in [-0.39, 0.29) is 5.41 Å². The monoisotopic (exact) mass is 252 g/mol. The summed E-state index contributed by atoms with van der Waals surface area (Å²) >= 11 is 0. The Hall–Kier alpha value is -2.05. The highest BCUT2D eigenvalue weighted by Crippen LogP contribution is 2.30. The van der Waals surface area contributed by atoms with Gasteiger partial charge in [-0.15, -0.1) is 0 Å². The summed E-state index contributed by atoms with van der Waals surface area (Å²) in [6, 6.07) is 17.1. The van der Waals surface area contributed by atoms with Crippen LogP contribution in [0.5, 0.6) is 0 Å². The maximum Gasteiger partial charge on any atom is 0.121 e. The van der Waals surface area contributed by atoms with Gasteiger partial charge >= 0.3 is 0 Å². The van der Waals surface area contributed by atoms with Crippen molar-refractivity contribution >= 4 is 16.5 Å². The first-order chi connectivity index (χ1) is 9.22. The number of hydrogen-bond donors (Lipinski definition) is 0. The zero-order valence-corrected chi connectivity index (χ0v) is 11.0. The molecule has 0 unspecified atom stereocenters. The van der Waals surface area contributed by atoms with Crippen LogP contribution >= 0.6 is 0 Å². The number of nitrogens with zero attached hydrogens (tertiary/aromatic N) is 2. The molecule has 1 heterocycles. The first-order valence-corrected chi connectivity index (χ1v) is 6.41. The van der Waals surface area contributed by atoms with Crippen LogP contribution in [0.1, 0.15) is 0 Å². The summed E-state index contributed by atoms with van der Waals surface area (Å²) in [7, 11) is 2.03. The molecule has 0 aliphatic carbocycles. The first-order valence-electron chi connectivity index (χ1n) is 6.41. The molecule has 0 saturated carbocycles. The lowest BCUT2D eigenvalue weighted by Crippen LogP contribution is -2.49. The second kappa shape index (κ2) is 4.56. The van der Waals surface area contributed by atoms with Crippen molar-refractivity contribution < 1.29 is 4.74 Å². The van der Waals surface area contributed by atoms with E-state index in [9.17, 15) is 5.26 Å². The number of fused-ring (bicyclic) bond motifs is 1. The fourth-order valence-electron chi connectivity index (χ4n) is 2.50. The second-order valence-electron chi connectivity index (χ2n) is 5.27. The number of benzene rings is 2. The summed E-state index contributed by atoms with van der Waals surface area (Å²) in [6.45, 7) is 1.80. The summed E-state index contributed by atoms with van der Waals surface area (Å²) in [6.07, 6.45) is 0. The van der Waals surface area contributed by atoms with E-state index >= 15 is 0 Å². The van der Waals surface area contributed by atoms with Crippen molar-refractivity contribution in [3.8, 4) is 6.07 Å². The fourth-order valence-corrected chi connectivity index (χ4v) is 2.50. The van der Waals surface area contributed by atoms with Crippen molar-refractivity contribution in [1.29, 1.82) is 5.26 Å². The Balaban J connectivity index is 1.85. The van der Waals surface area contributed by atoms with Gasteiger partial charge in [-0.25, -0.2) is 0 Å². The van der Waals surface area contributed by atoms with Gasteiger partial charge < -0.3 is 9.64 Å². The van der Waals surface area contributed by atoms with E-state index in [0.717, 1.165) is 5.69 Å². The molecule has 1 saturated heterocycles. The van der Waals surface area contributed by atoms with Crippen LogP contribution in [-0.2, 0) is 4.74 Å². The van der Waals surface area contributed by atoms with Crippen LogP contribution in [0, 0.1) is 16.7 Å². The Morgan fingerprint density at radius 2 is 1.95 bits per heavy atom. The highest BCUT2D eigenvalue weighted by molar-refractivity contribution is 5.85. The quantitative estimate of drug-likeness (QED) is 0.842. The number of rotatable bonds is 3. The molecule has 1 fully saturated rings. The Morgan fingerprint density at radius 3 is 2.58 bits per heavy atom. The van der Waals surface area contributed by atoms with E-state index in [2.05, 4.69) is 41.3 Å². The molecule has 1 aliphatic heterocycles. The Bertz CT molecular complexity index is 640. The van der Waals surface area contributed by atoms with Crippen molar-refractivity contribution in [2.75, 3.05) is 31.7 Å². The SMILES string of the molecule is CN(CC1(C#N)COC1)c1ccc2ccccc2c1. The smallest absolute Gasteiger partial charge is 0.121 e. The zero-order valence-electron chi connectivity index (χ0n) is 11.0. The fraction of sp³-hybridized carbons (Fsp3) is 0.312. The van der Waals surface area contributed by atoms with Crippen LogP contribution in [0.2, 0.25) is 0 Å². The van der Waals surface area contributed by atoms with Crippen molar-refractivity contribution in [3.05, 3.63) is 42.5 Å². The van der Waals surface area contributed by atoms with Gasteiger partial charge in [-0.2, -0.15) is 5.26 Å². The summed E-state index contributed by atoms with van der Waals surface area (Å²) < 4.78 is 5.19. The Kier molecular flexibility index (Phi) is 2.88. The third kappa shape index (κ3) is 2.16. The van der Waals surface area contributed by atoms with Crippen molar-refractivity contribution in [2.24, 2.45) is 5.41 Å². The molecule has 0 amide bonds. The predicted molar refractivity (Wildman–Crippen MR) is 76.1 cm³/mol. The van der Waals surface area contributed by atoms with Gasteiger partial charge in [0.2, 0.25) is 0 Å². The van der Waals surface area contributed by atoms with Gasteiger partial charge in [0, 0.05) is 19.3 Å². The summed E-state index contributed by atoms with van der Waals surface area (Å²) in [5.74, 6) is 0. The average Bonchev–Trinajstić information content (AvgIpc) is 2.42. The lowest BCUT2D eigenvalue weighted by atomic mass is 9.87. The number of hydrogen-bond acceptors (Lipinski definition) is 3. The van der Waals surface area contributed by atoms with E-state index in [0.29, 0.717) is 19.8 Å². The molecule has 0 aromatic heterocycles. The van der Waals surface area contributed by atoms with Crippen LogP contribution in [-0.4, -0.2) is 26.8 Å². The number of ether oxygens (including phenoxy) is 1. The Labute approximate surface area is 113 Å². The molecule has 3 heteroatoms. The van der Waals surface area contributed by atoms with Crippen molar-refractivity contribution in [3.63, 3.8) is 0 Å². The number of anilines is 1. The van der Waals surface area contributed by atoms with E-state index < -0.39 is 0 Å². The topological polar surface area (TPSA) is 36.3 Å². The van der Waals surface area contributed by atoms with Gasteiger partial charge in [-0.3, -0.25) is 0 Å². The van der Waals surface area contributed by atoms with Crippen LogP contribution in [0.3, 0.4) is 0 Å². The van der Waals surface area contributed by atoms with Gasteiger partial charge in [0.15, 0.2) is 0 Å². The summed E-state index contributed by atoms with van der Waals surface area (Å²) in [4.78, 5) is 2.14. The molecule has 2 aromatic carbocycles. The molecule has 2 aromatic rings. The average molecular weight is 252 g/mol. The minimum atomic E-state index is -0.333. The third-order valence-corrected chi connectivity index (χ3v) is 3.71. The van der Waals surface area contributed by atoms with Gasteiger partial charge in [0.05, 0.1) is 19.3 Å². The standard InChI is InChI=1S/C16H16N2O/c1-18(10-16(9-17)11-19-12-16)15-7-6-13-4-2-3-5-14(13)8-15/h2-8H,10-12H2,1H3. The second-order valence-corrected chi connectivity index (χ2v) is 5.27. The largest absolute Gasteiger partial charge is 0.378 e. The molecule has 0 radical (unpaired) electrons. The van der Waals surface area contributed by atoms with E-state index in [1.807, 2.05) is 19.2 Å². The van der Waals surface area contributed by atoms with Crippen LogP contribution in [0.4, 0.5) is 5.69 Å². The first kappa shape index (κ1) is 12.0. The van der Waals surface area contributed by atoms with E-state index in [4.69, 9.17) is 4.74 Å². The third-order valence-electron chi connectivity index (χ3n) is 3.71. The van der Waals surface area contributed by atoms with E-state index in [1.165, 1.54) is 10.8 Å². The lowest BCUT2D eigenvalue weighted by Gasteiger charge is -2.38. The Morgan fingerprint density at radius 1 is 1.21 bits per heavy atom. The zero-order chi connectivity index (χ0) is 13.3. The van der Waals surface area contributed by atoms with E-state index in [1.54, 1.807) is 0 Å². The summed E-state index contributed by atoms with van der Waals surface area (Å²) in [5.41, 5.74) is 0.806. The number of nitriles is 1. The molecule has 0 spiro atoms. The van der Waals surface area contributed by atoms with Crippen molar-refractivity contribution in [1.82, 2.24) is 0 Å². The molecule has 3 nitrogen and oxygen atoms in total. The molecule has 3 rings (SSSR count). The minimum absolute atomic E-state index is 0.333. The normalized spacial score (nSPS) is 16.6. The molecular formula is C16H16N2O. The van der Waals surface area contributed by atoms with Gasteiger partial charge in [0.25, 0.3) is 0 Å². The van der Waals surface area contributed by atoms with Crippen molar-refractivity contribution in [2.45, 2.75) is 0 Å². The summed E-state index contributed by atoms with van der Waals surface area (Å²) in [5, 5.41) is 11.7. The molecule has 1 aliphatic rings.